The van der Waals surface area contributed by atoms with Gasteiger partial charge in [0.25, 0.3) is 0 Å². The van der Waals surface area contributed by atoms with Crippen molar-refractivity contribution in [2.24, 2.45) is 46.4 Å². The predicted octanol–water partition coefficient (Wildman–Crippen LogP) is -6.09. The summed E-state index contributed by atoms with van der Waals surface area (Å²) in [5.41, 5.74) is 29.2. The minimum Gasteiger partial charge on any atom is -0.391 e. The van der Waals surface area contributed by atoms with E-state index < -0.39 is 161 Å². The Morgan fingerprint density at radius 1 is 0.540 bits per heavy atom. The lowest BCUT2D eigenvalue weighted by Crippen LogP contribution is -2.62. The molecule has 87 heavy (non-hydrogen) atoms. The average molecular weight is 1270 g/mol. The van der Waals surface area contributed by atoms with Crippen LogP contribution in [0.4, 0.5) is 0 Å². The van der Waals surface area contributed by atoms with Gasteiger partial charge in [-0.3, -0.25) is 61.8 Å². The van der Waals surface area contributed by atoms with Gasteiger partial charge in [-0.25, -0.2) is 0 Å². The second-order valence-electron chi connectivity index (χ2n) is 22.4. The van der Waals surface area contributed by atoms with E-state index in [0.29, 0.717) is 12.3 Å². The molecule has 33 nitrogen and oxygen atoms in total. The van der Waals surface area contributed by atoms with Crippen LogP contribution in [0.15, 0.2) is 0 Å². The number of hydrogen-bond acceptors (Lipinski definition) is 20. The van der Waals surface area contributed by atoms with Gasteiger partial charge in [0.15, 0.2) is 0 Å². The number of aliphatic hydroxyl groups excluding tert-OH is 2. The highest BCUT2D eigenvalue weighted by Crippen LogP contribution is 2.14. The number of rotatable bonds is 29. The quantitative estimate of drug-likeness (QED) is 0.0245. The lowest BCUT2D eigenvalue weighted by atomic mass is 9.99. The van der Waals surface area contributed by atoms with Crippen molar-refractivity contribution in [3.05, 3.63) is 0 Å². The van der Waals surface area contributed by atoms with Crippen molar-refractivity contribution in [1.29, 1.82) is 0 Å². The van der Waals surface area contributed by atoms with Crippen molar-refractivity contribution in [2.45, 2.75) is 211 Å². The summed E-state index contributed by atoms with van der Waals surface area (Å²) < 4.78 is 31.6. The number of nitrogens with two attached hydrogens (primary N) is 5. The molecule has 0 aromatic heterocycles. The molecule has 1 aliphatic heterocycles. The van der Waals surface area contributed by atoms with Crippen LogP contribution in [0, 0.1) is 17.8 Å². The number of unbranched alkanes of at least 4 members (excludes halogenated alkanes) is 1. The summed E-state index contributed by atoms with van der Waals surface area (Å²) in [5, 5.41) is 49.5. The third kappa shape index (κ3) is 33.6. The maximum Gasteiger partial charge on any atom is 0.394 e. The van der Waals surface area contributed by atoms with Gasteiger partial charge in [0.1, 0.15) is 60.4 Å². The number of carbonyl (C=O) groups is 11. The highest BCUT2D eigenvalue weighted by atomic mass is 32.3. The van der Waals surface area contributed by atoms with Crippen LogP contribution in [0.5, 0.6) is 0 Å². The first-order valence-electron chi connectivity index (χ1n) is 29.5. The summed E-state index contributed by atoms with van der Waals surface area (Å²) in [6.07, 6.45) is -0.760. The van der Waals surface area contributed by atoms with E-state index in [2.05, 4.69) is 72.3 Å². The van der Waals surface area contributed by atoms with Crippen molar-refractivity contribution in [3.63, 3.8) is 0 Å². The fraction of sp³-hybridized carbons (Fsp3) is 0.792. The highest BCUT2D eigenvalue weighted by molar-refractivity contribution is 7.79. The Morgan fingerprint density at radius 2 is 0.954 bits per heavy atom. The van der Waals surface area contributed by atoms with Crippen molar-refractivity contribution in [3.8, 4) is 0 Å². The van der Waals surface area contributed by atoms with Crippen LogP contribution >= 0.6 is 0 Å². The van der Waals surface area contributed by atoms with Crippen molar-refractivity contribution in [1.82, 2.24) is 58.5 Å². The molecule has 1 aliphatic rings. The lowest BCUT2D eigenvalue weighted by Gasteiger charge is -2.29. The zero-order valence-corrected chi connectivity index (χ0v) is 52.3. The van der Waals surface area contributed by atoms with E-state index in [1.165, 1.54) is 13.8 Å². The Hall–Kier alpha value is -6.24. The molecule has 0 aromatic carbocycles. The smallest absolute Gasteiger partial charge is 0.391 e. The Bertz CT molecular complexity index is 2310. The summed E-state index contributed by atoms with van der Waals surface area (Å²) >= 11 is 0. The van der Waals surface area contributed by atoms with Crippen molar-refractivity contribution < 1.29 is 80.5 Å². The van der Waals surface area contributed by atoms with E-state index in [1.54, 1.807) is 27.7 Å². The van der Waals surface area contributed by atoms with Crippen LogP contribution in [0.3, 0.4) is 0 Å². The van der Waals surface area contributed by atoms with E-state index in [4.69, 9.17) is 46.2 Å². The summed E-state index contributed by atoms with van der Waals surface area (Å²) in [6, 6.07) is -14.5. The fourth-order valence-electron chi connectivity index (χ4n) is 8.76. The van der Waals surface area contributed by atoms with E-state index in [9.17, 15) is 63.0 Å². The first-order chi connectivity index (χ1) is 40.7. The Balaban J connectivity index is 0.0000141. The molecule has 25 N–H and O–H groups in total. The van der Waals surface area contributed by atoms with Gasteiger partial charge in [0.2, 0.25) is 65.0 Å². The Kier molecular flexibility index (Phi) is 39.6. The van der Waals surface area contributed by atoms with Crippen molar-refractivity contribution >= 4 is 75.4 Å². The molecule has 13 unspecified atom stereocenters. The average Bonchev–Trinajstić information content (AvgIpc) is 2.81. The molecule has 0 saturated carbocycles. The molecule has 0 spiro atoms. The summed E-state index contributed by atoms with van der Waals surface area (Å²) in [6.45, 7) is 12.6. The number of amides is 11. The maximum atomic E-state index is 14.4. The molecule has 11 amide bonds. The van der Waals surface area contributed by atoms with Gasteiger partial charge in [0, 0.05) is 13.0 Å². The van der Waals surface area contributed by atoms with Gasteiger partial charge < -0.3 is 97.4 Å². The summed E-state index contributed by atoms with van der Waals surface area (Å²) in [5.74, 6) is -9.49. The zero-order chi connectivity index (χ0) is 66.7. The molecule has 1 fully saturated rings. The Morgan fingerprint density at radius 3 is 1.36 bits per heavy atom. The van der Waals surface area contributed by atoms with Gasteiger partial charge in [-0.1, -0.05) is 60.8 Å². The van der Waals surface area contributed by atoms with Crippen LogP contribution in [0.1, 0.15) is 139 Å². The highest BCUT2D eigenvalue weighted by Gasteiger charge is 2.37. The molecular weight excluding hydrogens is 1160 g/mol. The lowest BCUT2D eigenvalue weighted by molar-refractivity contribution is -0.137. The van der Waals surface area contributed by atoms with Crippen molar-refractivity contribution in [2.75, 3.05) is 39.3 Å². The van der Waals surface area contributed by atoms with Crippen LogP contribution in [-0.2, 0) is 63.1 Å². The SMILES string of the molecule is CCC(C)CCCCC(=O)NC(CCN)C(=O)NC(C(=O)NC(CCN)C(=O)NC1CCNC(=O)C(C(C)O)NC(=O)C(CCN)NC(=O)C(CCN)NC(=O)C(CC(C)C)NC(=O)C(CC(C)C)NC(=O)C(CCN)NC1=O)C(C)O.O=S(=O)(O)O. The largest absolute Gasteiger partial charge is 0.394 e. The van der Waals surface area contributed by atoms with Gasteiger partial charge in [0.05, 0.1) is 12.2 Å². The van der Waals surface area contributed by atoms with Gasteiger partial charge in [-0.2, -0.15) is 8.42 Å². The van der Waals surface area contributed by atoms with Gasteiger partial charge >= 0.3 is 10.4 Å². The standard InChI is InChI=1S/C53H100N16O13.H2O4S/c1-9-30(6)12-10-11-13-41(72)60-33(14-20-54)48(77)69-43(32(8)71)53(82)65-36(17-23-57)45(74)64-38-19-25-59-52(81)42(31(7)70)68-49(78)37(18-24-58)62-44(73)34(15-21-55)63-50(79)39(26-28(2)3)67-51(80)40(27-29(4)5)66-46(75)35(16-22-56)61-47(38)76;1-5(2,3)4/h28-40,42-43,70-71H,9-27,54-58H2,1-8H3,(H,59,81)(H,60,72)(H,61,76)(H,62,73)(H,63,79)(H,64,74)(H,65,82)(H,66,75)(H,67,80)(H,68,78)(H,69,77);(H2,1,2,3,4). The topological polar surface area (TPSA) is 565 Å². The van der Waals surface area contributed by atoms with Gasteiger partial charge in [-0.05, 0) is 122 Å². The normalized spacial score (nSPS) is 22.7. The number of carbonyl (C=O) groups excluding carboxylic acids is 11. The molecule has 0 radical (unpaired) electrons. The van der Waals surface area contributed by atoms with E-state index in [0.717, 1.165) is 19.3 Å². The second kappa shape index (κ2) is 42.6. The Labute approximate surface area is 509 Å². The molecule has 1 heterocycles. The minimum absolute atomic E-state index is 0.0131. The maximum absolute atomic E-state index is 14.4. The fourth-order valence-corrected chi connectivity index (χ4v) is 8.76. The van der Waals surface area contributed by atoms with Crippen LogP contribution in [0.2, 0.25) is 0 Å². The number of nitrogens with one attached hydrogen (secondary N) is 11. The first kappa shape index (κ1) is 80.8. The number of aliphatic hydroxyl groups is 2. The molecule has 0 aliphatic carbocycles. The van der Waals surface area contributed by atoms with Crippen LogP contribution < -0.4 is 87.2 Å². The molecule has 1 saturated heterocycles. The minimum atomic E-state index is -4.67. The second-order valence-corrected chi connectivity index (χ2v) is 23.3. The monoisotopic (exact) mass is 1270 g/mol. The molecule has 34 heteroatoms. The first-order valence-corrected chi connectivity index (χ1v) is 30.9. The predicted molar refractivity (Wildman–Crippen MR) is 320 cm³/mol. The molecule has 13 atom stereocenters. The summed E-state index contributed by atoms with van der Waals surface area (Å²) in [4.78, 5) is 153. The van der Waals surface area contributed by atoms with E-state index in [1.807, 2.05) is 0 Å². The molecule has 0 aromatic rings. The van der Waals surface area contributed by atoms with Gasteiger partial charge in [-0.15, -0.1) is 0 Å². The molecule has 0 bridgehead atoms. The van der Waals surface area contributed by atoms with Crippen LogP contribution in [-0.4, -0.2) is 205 Å². The van der Waals surface area contributed by atoms with E-state index >= 15 is 0 Å². The molecule has 1 rings (SSSR count). The third-order valence-corrected chi connectivity index (χ3v) is 13.7. The number of hydrogen-bond donors (Lipinski definition) is 20. The van der Waals surface area contributed by atoms with E-state index in [-0.39, 0.29) is 95.9 Å². The van der Waals surface area contributed by atoms with Crippen LogP contribution in [0.25, 0.3) is 0 Å². The molecule has 502 valence electrons. The zero-order valence-electron chi connectivity index (χ0n) is 51.5. The third-order valence-electron chi connectivity index (χ3n) is 13.7. The molecular formula is C53H102N16O17S. The summed E-state index contributed by atoms with van der Waals surface area (Å²) in [7, 11) is -4.67.